The topological polar surface area (TPSA) is 38.7 Å². The van der Waals surface area contributed by atoms with E-state index < -0.39 is 0 Å². The van der Waals surface area contributed by atoms with Gasteiger partial charge < -0.3 is 14.6 Å². The Kier molecular flexibility index (Phi) is 18.1. The second kappa shape index (κ2) is 18.2. The maximum absolute atomic E-state index is 8.75. The summed E-state index contributed by atoms with van der Waals surface area (Å²) in [6.07, 6.45) is 17.9. The van der Waals surface area contributed by atoms with Crippen molar-refractivity contribution in [1.82, 2.24) is 0 Å². The van der Waals surface area contributed by atoms with Crippen LogP contribution in [0.4, 0.5) is 0 Å². The molecule has 0 aromatic carbocycles. The fourth-order valence-electron chi connectivity index (χ4n) is 3.12. The van der Waals surface area contributed by atoms with Gasteiger partial charge in [-0.25, -0.2) is 0 Å². The Hall–Kier alpha value is -0.120. The van der Waals surface area contributed by atoms with Gasteiger partial charge in [0.05, 0.1) is 12.2 Å². The first kappa shape index (κ1) is 22.9. The number of methoxy groups -OCH3 is 2. The van der Waals surface area contributed by atoms with Gasteiger partial charge in [0.25, 0.3) is 0 Å². The molecule has 0 aliphatic rings. The van der Waals surface area contributed by atoms with Gasteiger partial charge in [0.2, 0.25) is 0 Å². The lowest BCUT2D eigenvalue weighted by atomic mass is 10.00. The Bertz CT molecular complexity index is 221. The van der Waals surface area contributed by atoms with Crippen LogP contribution in [0.5, 0.6) is 0 Å². The summed E-state index contributed by atoms with van der Waals surface area (Å²) in [7, 11) is 3.69. The van der Waals surface area contributed by atoms with E-state index in [4.69, 9.17) is 14.6 Å². The monoisotopic (exact) mass is 330 g/mol. The molecule has 0 saturated heterocycles. The summed E-state index contributed by atoms with van der Waals surface area (Å²) in [6, 6.07) is 0. The molecule has 140 valence electrons. The van der Waals surface area contributed by atoms with Gasteiger partial charge in [0, 0.05) is 20.8 Å². The maximum Gasteiger partial charge on any atom is 0.0572 e. The zero-order valence-corrected chi connectivity index (χ0v) is 16.0. The van der Waals surface area contributed by atoms with E-state index in [1.165, 1.54) is 64.2 Å². The first-order valence-electron chi connectivity index (χ1n) is 9.94. The van der Waals surface area contributed by atoms with Gasteiger partial charge in [-0.2, -0.15) is 0 Å². The van der Waals surface area contributed by atoms with Crippen LogP contribution in [0.3, 0.4) is 0 Å². The number of hydrogen-bond donors (Lipinski definition) is 1. The molecular weight excluding hydrogens is 288 g/mol. The molecule has 0 bridgehead atoms. The Morgan fingerprint density at radius 3 is 1.48 bits per heavy atom. The van der Waals surface area contributed by atoms with Crippen LogP contribution in [0.25, 0.3) is 0 Å². The molecule has 0 radical (unpaired) electrons. The second-order valence-electron chi connectivity index (χ2n) is 6.78. The van der Waals surface area contributed by atoms with Crippen LogP contribution in [-0.4, -0.2) is 38.1 Å². The normalized spacial score (nSPS) is 14.1. The summed E-state index contributed by atoms with van der Waals surface area (Å²) in [6.45, 7) is 2.59. The molecule has 0 saturated carbocycles. The smallest absolute Gasteiger partial charge is 0.0572 e. The summed E-state index contributed by atoms with van der Waals surface area (Å²) >= 11 is 0. The zero-order valence-electron chi connectivity index (χ0n) is 16.0. The van der Waals surface area contributed by atoms with Crippen LogP contribution in [0.2, 0.25) is 0 Å². The lowest BCUT2D eigenvalue weighted by Gasteiger charge is -2.20. The van der Waals surface area contributed by atoms with Crippen molar-refractivity contribution in [2.24, 2.45) is 0 Å². The fourth-order valence-corrected chi connectivity index (χ4v) is 3.12. The van der Waals surface area contributed by atoms with E-state index in [2.05, 4.69) is 6.92 Å². The molecule has 0 heterocycles. The molecule has 0 fully saturated rings. The Labute approximate surface area is 145 Å². The quantitative estimate of drug-likeness (QED) is 0.338. The van der Waals surface area contributed by atoms with Crippen molar-refractivity contribution in [3.05, 3.63) is 0 Å². The number of aliphatic hydroxyl groups is 1. The van der Waals surface area contributed by atoms with Gasteiger partial charge in [-0.1, -0.05) is 64.7 Å². The second-order valence-corrected chi connectivity index (χ2v) is 6.78. The predicted molar refractivity (Wildman–Crippen MR) is 99.0 cm³/mol. The fraction of sp³-hybridized carbons (Fsp3) is 1.00. The van der Waals surface area contributed by atoms with Crippen LogP contribution < -0.4 is 0 Å². The molecule has 0 aromatic heterocycles. The van der Waals surface area contributed by atoms with E-state index >= 15 is 0 Å². The summed E-state index contributed by atoms with van der Waals surface area (Å²) in [5.41, 5.74) is 0. The van der Waals surface area contributed by atoms with Crippen LogP contribution in [0.15, 0.2) is 0 Å². The minimum Gasteiger partial charge on any atom is -0.396 e. The molecule has 3 heteroatoms. The molecule has 0 spiro atoms. The van der Waals surface area contributed by atoms with E-state index in [0.29, 0.717) is 18.8 Å². The third kappa shape index (κ3) is 15.2. The largest absolute Gasteiger partial charge is 0.396 e. The highest BCUT2D eigenvalue weighted by atomic mass is 16.5. The van der Waals surface area contributed by atoms with Gasteiger partial charge in [0.1, 0.15) is 0 Å². The first-order chi connectivity index (χ1) is 11.3. The van der Waals surface area contributed by atoms with Crippen molar-refractivity contribution in [2.75, 3.05) is 20.8 Å². The molecule has 0 aromatic rings. The first-order valence-corrected chi connectivity index (χ1v) is 9.94. The summed E-state index contributed by atoms with van der Waals surface area (Å²) < 4.78 is 11.3. The molecule has 3 nitrogen and oxygen atoms in total. The standard InChI is InChI=1S/C20H42O3/c1-4-5-6-11-14-19(22-2)16-17-20(23-3)15-12-9-7-8-10-13-18-21/h19-21H,4-18H2,1-3H3. The van der Waals surface area contributed by atoms with Crippen molar-refractivity contribution < 1.29 is 14.6 Å². The van der Waals surface area contributed by atoms with Crippen LogP contribution in [-0.2, 0) is 9.47 Å². The highest BCUT2D eigenvalue weighted by Crippen LogP contribution is 2.18. The summed E-state index contributed by atoms with van der Waals surface area (Å²) in [5.74, 6) is 0. The molecule has 0 rings (SSSR count). The molecule has 1 N–H and O–H groups in total. The van der Waals surface area contributed by atoms with Gasteiger partial charge in [-0.3, -0.25) is 0 Å². The predicted octanol–water partition coefficient (Wildman–Crippen LogP) is 5.49. The lowest BCUT2D eigenvalue weighted by molar-refractivity contribution is 0.0446. The van der Waals surface area contributed by atoms with Crippen molar-refractivity contribution in [1.29, 1.82) is 0 Å². The van der Waals surface area contributed by atoms with Gasteiger partial charge in [-0.15, -0.1) is 0 Å². The number of unbranched alkanes of at least 4 members (excludes halogenated alkanes) is 8. The van der Waals surface area contributed by atoms with Crippen molar-refractivity contribution in [2.45, 2.75) is 109 Å². The van der Waals surface area contributed by atoms with Crippen LogP contribution >= 0.6 is 0 Å². The number of aliphatic hydroxyl groups excluding tert-OH is 1. The van der Waals surface area contributed by atoms with E-state index in [1.54, 1.807) is 0 Å². The zero-order chi connectivity index (χ0) is 17.2. The summed E-state index contributed by atoms with van der Waals surface area (Å²) in [5, 5.41) is 8.75. The maximum atomic E-state index is 8.75. The van der Waals surface area contributed by atoms with E-state index in [-0.39, 0.29) is 0 Å². The molecular formula is C20H42O3. The third-order valence-corrected chi connectivity index (χ3v) is 4.79. The number of hydrogen-bond acceptors (Lipinski definition) is 3. The highest BCUT2D eigenvalue weighted by Gasteiger charge is 2.12. The Morgan fingerprint density at radius 2 is 1.04 bits per heavy atom. The molecule has 0 amide bonds. The van der Waals surface area contributed by atoms with Gasteiger partial charge in [-0.05, 0) is 32.1 Å². The van der Waals surface area contributed by atoms with Crippen molar-refractivity contribution >= 4 is 0 Å². The molecule has 0 aliphatic heterocycles. The number of rotatable bonds is 18. The van der Waals surface area contributed by atoms with E-state index in [1.807, 2.05) is 14.2 Å². The van der Waals surface area contributed by atoms with Gasteiger partial charge >= 0.3 is 0 Å². The average Bonchev–Trinajstić information content (AvgIpc) is 2.58. The lowest BCUT2D eigenvalue weighted by Crippen LogP contribution is -2.17. The average molecular weight is 331 g/mol. The van der Waals surface area contributed by atoms with Gasteiger partial charge in [0.15, 0.2) is 0 Å². The SMILES string of the molecule is CCCCCCC(CCC(CCCCCCCCO)OC)OC. The van der Waals surface area contributed by atoms with Crippen LogP contribution in [0.1, 0.15) is 96.8 Å². The molecule has 2 unspecified atom stereocenters. The summed E-state index contributed by atoms with van der Waals surface area (Å²) in [4.78, 5) is 0. The Morgan fingerprint density at radius 1 is 0.609 bits per heavy atom. The molecule has 2 atom stereocenters. The Balaban J connectivity index is 3.64. The number of ether oxygens (including phenoxy) is 2. The van der Waals surface area contributed by atoms with E-state index in [0.717, 1.165) is 25.7 Å². The minimum atomic E-state index is 0.338. The third-order valence-electron chi connectivity index (χ3n) is 4.79. The van der Waals surface area contributed by atoms with Crippen LogP contribution in [0, 0.1) is 0 Å². The van der Waals surface area contributed by atoms with Crippen molar-refractivity contribution in [3.63, 3.8) is 0 Å². The minimum absolute atomic E-state index is 0.338. The van der Waals surface area contributed by atoms with E-state index in [9.17, 15) is 0 Å². The highest BCUT2D eigenvalue weighted by molar-refractivity contribution is 4.65. The molecule has 23 heavy (non-hydrogen) atoms. The molecule has 0 aliphatic carbocycles. The van der Waals surface area contributed by atoms with Crippen molar-refractivity contribution in [3.8, 4) is 0 Å².